The van der Waals surface area contributed by atoms with Crippen LogP contribution in [0.25, 0.3) is 0 Å². The van der Waals surface area contributed by atoms with Gasteiger partial charge < -0.3 is 20.1 Å². The Morgan fingerprint density at radius 1 is 1.12 bits per heavy atom. The number of ether oxygens (including phenoxy) is 2. The standard InChI is InChI=1S/C21H38N2O3/c1-15(2)16-5-7-18(8-6-16)26-14-20-19(22)4-3-11-23(20)21(24)17-9-12-25-13-10-17/h15-20H,3-14,22H2,1-2H3/t16?,18?,19-,20-/m0/s1. The van der Waals surface area contributed by atoms with Gasteiger partial charge in [0.05, 0.1) is 18.8 Å². The Morgan fingerprint density at radius 2 is 1.81 bits per heavy atom. The lowest BCUT2D eigenvalue weighted by atomic mass is 9.80. The van der Waals surface area contributed by atoms with Crippen LogP contribution in [0.2, 0.25) is 0 Å². The van der Waals surface area contributed by atoms with Crippen molar-refractivity contribution in [3.8, 4) is 0 Å². The van der Waals surface area contributed by atoms with E-state index in [0.717, 1.165) is 56.9 Å². The van der Waals surface area contributed by atoms with Gasteiger partial charge in [0.1, 0.15) is 0 Å². The molecule has 0 aromatic rings. The summed E-state index contributed by atoms with van der Waals surface area (Å²) in [6.07, 6.45) is 8.87. The van der Waals surface area contributed by atoms with Gasteiger partial charge in [-0.25, -0.2) is 0 Å². The van der Waals surface area contributed by atoms with Crippen LogP contribution in [-0.2, 0) is 14.3 Å². The van der Waals surface area contributed by atoms with E-state index >= 15 is 0 Å². The van der Waals surface area contributed by atoms with E-state index in [4.69, 9.17) is 15.2 Å². The van der Waals surface area contributed by atoms with Crippen molar-refractivity contribution in [2.75, 3.05) is 26.4 Å². The Kier molecular flexibility index (Phi) is 7.35. The SMILES string of the molecule is CC(C)C1CCC(OC[C@H]2[C@@H](N)CCCN2C(=O)C2CCOCC2)CC1. The Bertz CT molecular complexity index is 443. The van der Waals surface area contributed by atoms with Crippen molar-refractivity contribution in [3.05, 3.63) is 0 Å². The molecule has 1 amide bonds. The molecule has 2 saturated heterocycles. The first-order valence-corrected chi connectivity index (χ1v) is 10.8. The van der Waals surface area contributed by atoms with Crippen molar-refractivity contribution >= 4 is 5.91 Å². The summed E-state index contributed by atoms with van der Waals surface area (Å²) in [4.78, 5) is 15.1. The van der Waals surface area contributed by atoms with Crippen LogP contribution in [0.15, 0.2) is 0 Å². The molecule has 2 heterocycles. The van der Waals surface area contributed by atoms with Gasteiger partial charge in [-0.15, -0.1) is 0 Å². The molecule has 2 atom stereocenters. The molecule has 0 spiro atoms. The minimum Gasteiger partial charge on any atom is -0.381 e. The van der Waals surface area contributed by atoms with Gasteiger partial charge in [-0.1, -0.05) is 13.8 Å². The second-order valence-electron chi connectivity index (χ2n) is 8.91. The molecule has 150 valence electrons. The largest absolute Gasteiger partial charge is 0.381 e. The number of nitrogens with zero attached hydrogens (tertiary/aromatic N) is 1. The topological polar surface area (TPSA) is 64.8 Å². The van der Waals surface area contributed by atoms with E-state index in [-0.39, 0.29) is 23.9 Å². The van der Waals surface area contributed by atoms with Crippen molar-refractivity contribution in [1.29, 1.82) is 0 Å². The number of nitrogens with two attached hydrogens (primary N) is 1. The Balaban J connectivity index is 1.52. The fraction of sp³-hybridized carbons (Fsp3) is 0.952. The van der Waals surface area contributed by atoms with Crippen molar-refractivity contribution in [2.45, 2.75) is 83.4 Å². The molecule has 5 heteroatoms. The van der Waals surface area contributed by atoms with E-state index in [1.165, 1.54) is 12.8 Å². The molecule has 5 nitrogen and oxygen atoms in total. The molecular weight excluding hydrogens is 328 g/mol. The summed E-state index contributed by atoms with van der Waals surface area (Å²) in [5, 5.41) is 0. The maximum absolute atomic E-state index is 13.0. The van der Waals surface area contributed by atoms with Crippen molar-refractivity contribution in [2.24, 2.45) is 23.5 Å². The van der Waals surface area contributed by atoms with Crippen LogP contribution >= 0.6 is 0 Å². The Hall–Kier alpha value is -0.650. The molecular formula is C21H38N2O3. The number of hydrogen-bond acceptors (Lipinski definition) is 4. The molecule has 3 rings (SSSR count). The summed E-state index contributed by atoms with van der Waals surface area (Å²) in [7, 11) is 0. The summed E-state index contributed by atoms with van der Waals surface area (Å²) >= 11 is 0. The number of amides is 1. The minimum atomic E-state index is 0.0412. The summed E-state index contributed by atoms with van der Waals surface area (Å²) in [6.45, 7) is 7.50. The maximum Gasteiger partial charge on any atom is 0.226 e. The molecule has 0 radical (unpaired) electrons. The molecule has 3 fully saturated rings. The van der Waals surface area contributed by atoms with Crippen LogP contribution in [-0.4, -0.2) is 55.4 Å². The van der Waals surface area contributed by atoms with Gasteiger partial charge in [0.2, 0.25) is 5.91 Å². The van der Waals surface area contributed by atoms with Gasteiger partial charge in [-0.3, -0.25) is 4.79 Å². The van der Waals surface area contributed by atoms with E-state index in [1.54, 1.807) is 0 Å². The molecule has 0 aromatic carbocycles. The van der Waals surface area contributed by atoms with E-state index in [0.29, 0.717) is 25.9 Å². The third kappa shape index (κ3) is 4.99. The quantitative estimate of drug-likeness (QED) is 0.812. The maximum atomic E-state index is 13.0. The molecule has 0 aromatic heterocycles. The molecule has 2 aliphatic heterocycles. The monoisotopic (exact) mass is 366 g/mol. The van der Waals surface area contributed by atoms with Crippen LogP contribution in [0.4, 0.5) is 0 Å². The summed E-state index contributed by atoms with van der Waals surface area (Å²) < 4.78 is 11.7. The highest BCUT2D eigenvalue weighted by molar-refractivity contribution is 5.79. The number of likely N-dealkylation sites (tertiary alicyclic amines) is 1. The second-order valence-corrected chi connectivity index (χ2v) is 8.91. The van der Waals surface area contributed by atoms with Crippen LogP contribution in [0, 0.1) is 17.8 Å². The number of carbonyl (C=O) groups excluding carboxylic acids is 1. The number of piperidine rings is 1. The number of rotatable bonds is 5. The zero-order valence-electron chi connectivity index (χ0n) is 16.7. The lowest BCUT2D eigenvalue weighted by Crippen LogP contribution is -2.58. The van der Waals surface area contributed by atoms with Crippen LogP contribution in [0.5, 0.6) is 0 Å². The molecule has 26 heavy (non-hydrogen) atoms. The first-order valence-electron chi connectivity index (χ1n) is 10.8. The van der Waals surface area contributed by atoms with E-state index in [2.05, 4.69) is 13.8 Å². The highest BCUT2D eigenvalue weighted by atomic mass is 16.5. The molecule has 1 aliphatic carbocycles. The Labute approximate surface area is 159 Å². The molecule has 0 unspecified atom stereocenters. The summed E-state index contributed by atoms with van der Waals surface area (Å²) in [6, 6.07) is 0.0847. The zero-order chi connectivity index (χ0) is 18.5. The van der Waals surface area contributed by atoms with Crippen molar-refractivity contribution < 1.29 is 14.3 Å². The van der Waals surface area contributed by atoms with Gasteiger partial charge in [0.25, 0.3) is 0 Å². The van der Waals surface area contributed by atoms with Crippen molar-refractivity contribution in [3.63, 3.8) is 0 Å². The van der Waals surface area contributed by atoms with E-state index < -0.39 is 0 Å². The minimum absolute atomic E-state index is 0.0412. The predicted octanol–water partition coefficient (Wildman–Crippen LogP) is 2.96. The zero-order valence-corrected chi connectivity index (χ0v) is 16.7. The van der Waals surface area contributed by atoms with Gasteiger partial charge >= 0.3 is 0 Å². The lowest BCUT2D eigenvalue weighted by molar-refractivity contribution is -0.145. The first kappa shape index (κ1) is 20.1. The second kappa shape index (κ2) is 9.52. The van der Waals surface area contributed by atoms with Crippen molar-refractivity contribution in [1.82, 2.24) is 4.90 Å². The van der Waals surface area contributed by atoms with Gasteiger partial charge in [-0.05, 0) is 63.2 Å². The molecule has 2 N–H and O–H groups in total. The number of carbonyl (C=O) groups is 1. The van der Waals surface area contributed by atoms with Gasteiger partial charge in [-0.2, -0.15) is 0 Å². The first-order chi connectivity index (χ1) is 12.6. The molecule has 1 saturated carbocycles. The predicted molar refractivity (Wildman–Crippen MR) is 103 cm³/mol. The van der Waals surface area contributed by atoms with Crippen LogP contribution in [0.1, 0.15) is 65.2 Å². The summed E-state index contributed by atoms with van der Waals surface area (Å²) in [5.41, 5.74) is 6.42. The average molecular weight is 367 g/mol. The van der Waals surface area contributed by atoms with Crippen LogP contribution in [0.3, 0.4) is 0 Å². The molecule has 3 aliphatic rings. The Morgan fingerprint density at radius 3 is 2.46 bits per heavy atom. The normalized spacial score (nSPS) is 34.2. The van der Waals surface area contributed by atoms with Crippen LogP contribution < -0.4 is 5.73 Å². The molecule has 0 bridgehead atoms. The lowest BCUT2D eigenvalue weighted by Gasteiger charge is -2.42. The van der Waals surface area contributed by atoms with Gasteiger partial charge in [0, 0.05) is 31.7 Å². The van der Waals surface area contributed by atoms with E-state index in [1.807, 2.05) is 4.90 Å². The highest BCUT2D eigenvalue weighted by Gasteiger charge is 2.36. The smallest absolute Gasteiger partial charge is 0.226 e. The third-order valence-corrected chi connectivity index (χ3v) is 6.85. The summed E-state index contributed by atoms with van der Waals surface area (Å²) in [5.74, 6) is 2.01. The fourth-order valence-electron chi connectivity index (χ4n) is 4.91. The third-order valence-electron chi connectivity index (χ3n) is 6.85. The van der Waals surface area contributed by atoms with Gasteiger partial charge in [0.15, 0.2) is 0 Å². The average Bonchev–Trinajstić information content (AvgIpc) is 2.67. The van der Waals surface area contributed by atoms with E-state index in [9.17, 15) is 4.79 Å². The fourth-order valence-corrected chi connectivity index (χ4v) is 4.91. The highest BCUT2D eigenvalue weighted by Crippen LogP contribution is 2.32. The number of hydrogen-bond donors (Lipinski definition) is 1.